The summed E-state index contributed by atoms with van der Waals surface area (Å²) in [5.41, 5.74) is 2.57. The molecule has 0 atom stereocenters. The van der Waals surface area contributed by atoms with E-state index in [2.05, 4.69) is 16.0 Å². The molecule has 14 heavy (non-hydrogen) atoms. The highest BCUT2D eigenvalue weighted by atomic mass is 16.4. The normalized spacial score (nSPS) is 14.0. The van der Waals surface area contributed by atoms with E-state index in [1.165, 1.54) is 0 Å². The lowest BCUT2D eigenvalue weighted by molar-refractivity contribution is 0.209. The Kier molecular flexibility index (Phi) is 2.24. The monoisotopic (exact) mass is 193 g/mol. The van der Waals surface area contributed by atoms with E-state index in [0.717, 1.165) is 11.3 Å². The lowest BCUT2D eigenvalue weighted by Gasteiger charge is -2.21. The van der Waals surface area contributed by atoms with Gasteiger partial charge in [0.1, 0.15) is 0 Å². The maximum atomic E-state index is 10.5. The number of carboxylic acid groups (broad SMARTS) is 1. The first kappa shape index (κ1) is 8.83. The van der Waals surface area contributed by atoms with Crippen molar-refractivity contribution in [2.45, 2.75) is 6.54 Å². The first-order chi connectivity index (χ1) is 6.77. The quantitative estimate of drug-likeness (QED) is 0.541. The molecule has 1 aromatic carbocycles. The number of benzene rings is 1. The molecule has 0 unspecified atom stereocenters. The Hall–Kier alpha value is -1.75. The van der Waals surface area contributed by atoms with Gasteiger partial charge in [0.2, 0.25) is 0 Å². The van der Waals surface area contributed by atoms with Crippen LogP contribution in [-0.4, -0.2) is 17.9 Å². The fraction of sp³-hybridized carbons (Fsp3) is 0.222. The smallest absolute Gasteiger partial charge is 0.409 e. The summed E-state index contributed by atoms with van der Waals surface area (Å²) in [6.07, 6.45) is -1.04. The number of anilines is 2. The van der Waals surface area contributed by atoms with E-state index in [9.17, 15) is 4.79 Å². The number of hydrogen-bond donors (Lipinski definition) is 4. The van der Waals surface area contributed by atoms with Gasteiger partial charge in [-0.1, -0.05) is 6.07 Å². The van der Waals surface area contributed by atoms with Crippen LogP contribution in [0.25, 0.3) is 0 Å². The molecule has 0 radical (unpaired) electrons. The molecule has 1 aliphatic rings. The summed E-state index contributed by atoms with van der Waals surface area (Å²) in [7, 11) is 0. The highest BCUT2D eigenvalue weighted by Gasteiger charge is 2.12. The van der Waals surface area contributed by atoms with Gasteiger partial charge in [-0.2, -0.15) is 0 Å². The standard InChI is InChI=1S/C9H11N3O2/c13-9(14)12-8-3-1-2-7-6(8)4-10-5-11-7/h1-3,10-12H,4-5H2,(H,13,14). The molecule has 0 spiro atoms. The van der Waals surface area contributed by atoms with Crippen LogP contribution in [0.3, 0.4) is 0 Å². The van der Waals surface area contributed by atoms with Crippen LogP contribution >= 0.6 is 0 Å². The van der Waals surface area contributed by atoms with Crippen molar-refractivity contribution < 1.29 is 9.90 Å². The van der Waals surface area contributed by atoms with Crippen LogP contribution in [0.4, 0.5) is 16.2 Å². The van der Waals surface area contributed by atoms with Gasteiger partial charge in [0, 0.05) is 17.8 Å². The molecular formula is C9H11N3O2. The van der Waals surface area contributed by atoms with Crippen molar-refractivity contribution in [3.8, 4) is 0 Å². The third kappa shape index (κ3) is 1.62. The van der Waals surface area contributed by atoms with Gasteiger partial charge in [0.25, 0.3) is 0 Å². The number of amides is 1. The minimum Gasteiger partial charge on any atom is -0.465 e. The van der Waals surface area contributed by atoms with E-state index in [4.69, 9.17) is 5.11 Å². The van der Waals surface area contributed by atoms with Gasteiger partial charge in [0.15, 0.2) is 0 Å². The average Bonchev–Trinajstić information content (AvgIpc) is 2.18. The second-order valence-electron chi connectivity index (χ2n) is 3.04. The third-order valence-electron chi connectivity index (χ3n) is 2.12. The maximum Gasteiger partial charge on any atom is 0.409 e. The Labute approximate surface area is 81.1 Å². The summed E-state index contributed by atoms with van der Waals surface area (Å²) in [6.45, 7) is 1.39. The Morgan fingerprint density at radius 3 is 3.14 bits per heavy atom. The van der Waals surface area contributed by atoms with Crippen molar-refractivity contribution in [3.05, 3.63) is 23.8 Å². The van der Waals surface area contributed by atoms with Crippen LogP contribution in [0.1, 0.15) is 5.56 Å². The van der Waals surface area contributed by atoms with Crippen molar-refractivity contribution in [2.24, 2.45) is 0 Å². The number of nitrogens with one attached hydrogen (secondary N) is 3. The number of rotatable bonds is 1. The Balaban J connectivity index is 2.35. The van der Waals surface area contributed by atoms with E-state index in [0.29, 0.717) is 18.9 Å². The minimum atomic E-state index is -1.04. The van der Waals surface area contributed by atoms with Crippen molar-refractivity contribution in [1.82, 2.24) is 5.32 Å². The first-order valence-electron chi connectivity index (χ1n) is 4.34. The van der Waals surface area contributed by atoms with Crippen molar-refractivity contribution >= 4 is 17.5 Å². The molecule has 4 N–H and O–H groups in total. The van der Waals surface area contributed by atoms with Crippen LogP contribution in [0.5, 0.6) is 0 Å². The van der Waals surface area contributed by atoms with Gasteiger partial charge in [-0.25, -0.2) is 4.79 Å². The third-order valence-corrected chi connectivity index (χ3v) is 2.12. The van der Waals surface area contributed by atoms with Gasteiger partial charge in [-0.05, 0) is 12.1 Å². The predicted molar refractivity (Wildman–Crippen MR) is 53.4 cm³/mol. The lowest BCUT2D eigenvalue weighted by Crippen LogP contribution is -2.28. The highest BCUT2D eigenvalue weighted by molar-refractivity contribution is 5.85. The molecule has 0 saturated heterocycles. The van der Waals surface area contributed by atoms with Crippen molar-refractivity contribution in [1.29, 1.82) is 0 Å². The van der Waals surface area contributed by atoms with E-state index < -0.39 is 6.09 Å². The molecule has 1 amide bonds. The van der Waals surface area contributed by atoms with E-state index in [1.54, 1.807) is 6.07 Å². The van der Waals surface area contributed by atoms with Crippen LogP contribution in [0, 0.1) is 0 Å². The molecule has 5 heteroatoms. The highest BCUT2D eigenvalue weighted by Crippen LogP contribution is 2.25. The fourth-order valence-electron chi connectivity index (χ4n) is 1.52. The molecular weight excluding hydrogens is 182 g/mol. The minimum absolute atomic E-state index is 0.634. The van der Waals surface area contributed by atoms with E-state index in [1.807, 2.05) is 12.1 Å². The Morgan fingerprint density at radius 1 is 1.50 bits per heavy atom. The SMILES string of the molecule is O=C(O)Nc1cccc2c1CNCN2. The number of carbonyl (C=O) groups is 1. The fourth-order valence-corrected chi connectivity index (χ4v) is 1.52. The Bertz CT molecular complexity index is 365. The summed E-state index contributed by atoms with van der Waals surface area (Å²) in [6, 6.07) is 5.51. The van der Waals surface area contributed by atoms with Crippen LogP contribution in [0.15, 0.2) is 18.2 Å². The molecule has 1 aromatic rings. The lowest BCUT2D eigenvalue weighted by atomic mass is 10.1. The zero-order chi connectivity index (χ0) is 9.97. The average molecular weight is 193 g/mol. The van der Waals surface area contributed by atoms with Gasteiger partial charge in [-0.3, -0.25) is 10.6 Å². The summed E-state index contributed by atoms with van der Waals surface area (Å²) < 4.78 is 0. The maximum absolute atomic E-state index is 10.5. The molecule has 0 aliphatic carbocycles. The molecule has 0 fully saturated rings. The largest absolute Gasteiger partial charge is 0.465 e. The molecule has 5 nitrogen and oxygen atoms in total. The van der Waals surface area contributed by atoms with Crippen LogP contribution < -0.4 is 16.0 Å². The second kappa shape index (κ2) is 3.55. The molecule has 0 aromatic heterocycles. The Morgan fingerprint density at radius 2 is 2.36 bits per heavy atom. The molecule has 1 aliphatic heterocycles. The molecule has 0 bridgehead atoms. The number of hydrogen-bond acceptors (Lipinski definition) is 3. The van der Waals surface area contributed by atoms with E-state index >= 15 is 0 Å². The van der Waals surface area contributed by atoms with Crippen LogP contribution in [0.2, 0.25) is 0 Å². The zero-order valence-corrected chi connectivity index (χ0v) is 7.50. The van der Waals surface area contributed by atoms with Gasteiger partial charge >= 0.3 is 6.09 Å². The molecule has 2 rings (SSSR count). The number of fused-ring (bicyclic) bond motifs is 1. The second-order valence-corrected chi connectivity index (χ2v) is 3.04. The summed E-state index contributed by atoms with van der Waals surface area (Å²) in [4.78, 5) is 10.5. The van der Waals surface area contributed by atoms with E-state index in [-0.39, 0.29) is 0 Å². The van der Waals surface area contributed by atoms with Gasteiger partial charge in [0.05, 0.1) is 12.4 Å². The zero-order valence-electron chi connectivity index (χ0n) is 7.50. The summed E-state index contributed by atoms with van der Waals surface area (Å²) in [5.74, 6) is 0. The van der Waals surface area contributed by atoms with Crippen molar-refractivity contribution in [3.63, 3.8) is 0 Å². The topological polar surface area (TPSA) is 73.4 Å². The predicted octanol–water partition coefficient (Wildman–Crippen LogP) is 1.25. The summed E-state index contributed by atoms with van der Waals surface area (Å²) in [5, 5.41) is 17.2. The van der Waals surface area contributed by atoms with Crippen LogP contribution in [-0.2, 0) is 6.54 Å². The van der Waals surface area contributed by atoms with Crippen molar-refractivity contribution in [2.75, 3.05) is 17.3 Å². The van der Waals surface area contributed by atoms with Gasteiger partial charge in [-0.15, -0.1) is 0 Å². The van der Waals surface area contributed by atoms with Gasteiger partial charge < -0.3 is 10.4 Å². The summed E-state index contributed by atoms with van der Waals surface area (Å²) >= 11 is 0. The molecule has 74 valence electrons. The molecule has 1 heterocycles. The first-order valence-corrected chi connectivity index (χ1v) is 4.34. The molecule has 0 saturated carbocycles.